The Morgan fingerprint density at radius 3 is 2.57 bits per heavy atom. The molecule has 4 rings (SSSR count). The highest BCUT2D eigenvalue weighted by atomic mass is 16.5. The van der Waals surface area contributed by atoms with Gasteiger partial charge in [-0.05, 0) is 43.2 Å². The van der Waals surface area contributed by atoms with Crippen molar-refractivity contribution >= 4 is 5.91 Å². The highest BCUT2D eigenvalue weighted by Gasteiger charge is 2.36. The molecule has 0 spiro atoms. The largest absolute Gasteiger partial charge is 0.481 e. The third-order valence-electron chi connectivity index (χ3n) is 6.28. The normalized spacial score (nSPS) is 19.3. The predicted molar refractivity (Wildman–Crippen MR) is 112 cm³/mol. The first-order valence-corrected chi connectivity index (χ1v) is 10.5. The van der Waals surface area contributed by atoms with Crippen LogP contribution in [0.4, 0.5) is 0 Å². The minimum Gasteiger partial charge on any atom is -0.481 e. The summed E-state index contributed by atoms with van der Waals surface area (Å²) in [5, 5.41) is 0. The molecule has 1 fully saturated rings. The van der Waals surface area contributed by atoms with Gasteiger partial charge in [0.2, 0.25) is 11.8 Å². The average Bonchev–Trinajstić information content (AvgIpc) is 2.79. The van der Waals surface area contributed by atoms with Crippen molar-refractivity contribution in [2.24, 2.45) is 5.92 Å². The van der Waals surface area contributed by atoms with Gasteiger partial charge in [-0.2, -0.15) is 4.98 Å². The number of benzene rings is 1. The number of aryl methyl sites for hydroxylation is 1. The molecule has 2 aromatic rings. The minimum atomic E-state index is 0.0798. The lowest BCUT2D eigenvalue weighted by Gasteiger charge is -2.42. The van der Waals surface area contributed by atoms with Crippen LogP contribution >= 0.6 is 0 Å². The van der Waals surface area contributed by atoms with Crippen LogP contribution in [-0.2, 0) is 28.9 Å². The number of rotatable bonds is 5. The Balaban J connectivity index is 1.62. The molecule has 1 aromatic heterocycles. The van der Waals surface area contributed by atoms with Gasteiger partial charge in [0.15, 0.2) is 0 Å². The van der Waals surface area contributed by atoms with Gasteiger partial charge >= 0.3 is 6.01 Å². The first kappa shape index (κ1) is 20.6. The van der Waals surface area contributed by atoms with Crippen LogP contribution in [0.2, 0.25) is 0 Å². The third-order valence-corrected chi connectivity index (χ3v) is 6.28. The van der Waals surface area contributed by atoms with Crippen molar-refractivity contribution < 1.29 is 19.0 Å². The van der Waals surface area contributed by atoms with E-state index in [0.29, 0.717) is 29.6 Å². The maximum Gasteiger partial charge on any atom is 0.319 e. The number of aromatic nitrogens is 2. The fourth-order valence-corrected chi connectivity index (χ4v) is 4.60. The topological polar surface area (TPSA) is 73.8 Å². The zero-order chi connectivity index (χ0) is 21.1. The van der Waals surface area contributed by atoms with Crippen LogP contribution in [0.3, 0.4) is 0 Å². The smallest absolute Gasteiger partial charge is 0.319 e. The molecule has 1 amide bonds. The Kier molecular flexibility index (Phi) is 6.18. The lowest BCUT2D eigenvalue weighted by molar-refractivity contribution is -0.136. The molecule has 1 atom stereocenters. The summed E-state index contributed by atoms with van der Waals surface area (Å²) >= 11 is 0. The molecule has 0 aliphatic carbocycles. The van der Waals surface area contributed by atoms with Crippen LogP contribution in [-0.4, -0.2) is 54.3 Å². The summed E-state index contributed by atoms with van der Waals surface area (Å²) in [6.07, 6.45) is 3.08. The van der Waals surface area contributed by atoms with E-state index in [2.05, 4.69) is 33.1 Å². The van der Waals surface area contributed by atoms with E-state index in [9.17, 15) is 4.79 Å². The average molecular weight is 412 g/mol. The van der Waals surface area contributed by atoms with E-state index < -0.39 is 0 Å². The Bertz CT molecular complexity index is 911. The summed E-state index contributed by atoms with van der Waals surface area (Å²) < 4.78 is 16.1. The van der Waals surface area contributed by atoms with E-state index in [0.717, 1.165) is 32.5 Å². The van der Waals surface area contributed by atoms with Crippen molar-refractivity contribution in [2.45, 2.75) is 45.2 Å². The summed E-state index contributed by atoms with van der Waals surface area (Å²) in [4.78, 5) is 24.2. The fraction of sp³-hybridized carbons (Fsp3) is 0.522. The number of methoxy groups -OCH3 is 2. The van der Waals surface area contributed by atoms with Crippen molar-refractivity contribution in [3.05, 3.63) is 46.6 Å². The number of nitrogens with zero attached hydrogens (tertiary/aromatic N) is 3. The molecule has 2 aliphatic rings. The van der Waals surface area contributed by atoms with E-state index in [4.69, 9.17) is 14.2 Å². The molecule has 0 radical (unpaired) electrons. The molecular formula is C23H29N3O4. The maximum atomic E-state index is 13.6. The minimum absolute atomic E-state index is 0.0798. The van der Waals surface area contributed by atoms with Gasteiger partial charge in [-0.3, -0.25) is 4.79 Å². The van der Waals surface area contributed by atoms with Gasteiger partial charge < -0.3 is 19.1 Å². The molecule has 160 valence electrons. The summed E-state index contributed by atoms with van der Waals surface area (Å²) in [5.41, 5.74) is 3.99. The molecule has 7 heteroatoms. The van der Waals surface area contributed by atoms with Gasteiger partial charge in [-0.15, -0.1) is 0 Å². The fourth-order valence-electron chi connectivity index (χ4n) is 4.60. The Morgan fingerprint density at radius 1 is 1.13 bits per heavy atom. The second-order valence-electron chi connectivity index (χ2n) is 7.97. The third kappa shape index (κ3) is 4.12. The zero-order valence-electron chi connectivity index (χ0n) is 17.9. The summed E-state index contributed by atoms with van der Waals surface area (Å²) in [5.74, 6) is 0.926. The van der Waals surface area contributed by atoms with E-state index in [1.807, 2.05) is 13.0 Å². The number of ether oxygens (including phenoxy) is 3. The van der Waals surface area contributed by atoms with Crippen molar-refractivity contribution in [2.75, 3.05) is 27.4 Å². The molecule has 3 heterocycles. The van der Waals surface area contributed by atoms with Crippen molar-refractivity contribution in [3.63, 3.8) is 0 Å². The highest BCUT2D eigenvalue weighted by molar-refractivity contribution is 5.80. The molecule has 1 aromatic carbocycles. The summed E-state index contributed by atoms with van der Waals surface area (Å²) in [6, 6.07) is 8.86. The first-order chi connectivity index (χ1) is 14.6. The Labute approximate surface area is 177 Å². The predicted octanol–water partition coefficient (Wildman–Crippen LogP) is 2.72. The van der Waals surface area contributed by atoms with E-state index >= 15 is 0 Å². The van der Waals surface area contributed by atoms with Crippen molar-refractivity contribution in [1.82, 2.24) is 14.9 Å². The highest BCUT2D eigenvalue weighted by Crippen LogP contribution is 2.33. The molecule has 30 heavy (non-hydrogen) atoms. The lowest BCUT2D eigenvalue weighted by Crippen LogP contribution is -2.50. The monoisotopic (exact) mass is 411 g/mol. The van der Waals surface area contributed by atoms with E-state index in [1.54, 1.807) is 7.11 Å². The van der Waals surface area contributed by atoms with Gasteiger partial charge in [0.25, 0.3) is 0 Å². The molecule has 2 aliphatic heterocycles. The molecule has 1 saturated heterocycles. The van der Waals surface area contributed by atoms with Crippen LogP contribution in [0, 0.1) is 12.8 Å². The van der Waals surface area contributed by atoms with Crippen LogP contribution < -0.4 is 9.47 Å². The van der Waals surface area contributed by atoms with E-state index in [-0.39, 0.29) is 24.4 Å². The van der Waals surface area contributed by atoms with Gasteiger partial charge in [-0.25, -0.2) is 4.98 Å². The molecule has 0 N–H and O–H groups in total. The van der Waals surface area contributed by atoms with Crippen molar-refractivity contribution in [3.8, 4) is 11.9 Å². The van der Waals surface area contributed by atoms with Crippen LogP contribution in [0.25, 0.3) is 0 Å². The zero-order valence-corrected chi connectivity index (χ0v) is 17.9. The van der Waals surface area contributed by atoms with Gasteiger partial charge in [0.1, 0.15) is 0 Å². The van der Waals surface area contributed by atoms with Gasteiger partial charge in [0.05, 0.1) is 26.3 Å². The first-order valence-electron chi connectivity index (χ1n) is 10.5. The number of amides is 1. The van der Waals surface area contributed by atoms with Crippen LogP contribution in [0.1, 0.15) is 35.2 Å². The van der Waals surface area contributed by atoms with Crippen LogP contribution in [0.15, 0.2) is 24.3 Å². The SMILES string of the molecule is COc1nc(C)c(CC(=O)N2Cc3ccccc3C[C@@H]2C2CCOCC2)c(OC)n1. The number of fused-ring (bicyclic) bond motifs is 1. The number of carbonyl (C=O) groups is 1. The Hall–Kier alpha value is -2.67. The van der Waals surface area contributed by atoms with Crippen molar-refractivity contribution in [1.29, 1.82) is 0 Å². The molecule has 0 saturated carbocycles. The molecule has 0 unspecified atom stereocenters. The molecular weight excluding hydrogens is 382 g/mol. The molecule has 7 nitrogen and oxygen atoms in total. The van der Waals surface area contributed by atoms with Crippen LogP contribution in [0.5, 0.6) is 11.9 Å². The number of carbonyl (C=O) groups excluding carboxylic acids is 1. The quantitative estimate of drug-likeness (QED) is 0.753. The lowest BCUT2D eigenvalue weighted by atomic mass is 9.82. The second-order valence-corrected chi connectivity index (χ2v) is 7.97. The van der Waals surface area contributed by atoms with E-state index in [1.165, 1.54) is 18.2 Å². The van der Waals surface area contributed by atoms with Gasteiger partial charge in [0, 0.05) is 31.4 Å². The second kappa shape index (κ2) is 9.00. The maximum absolute atomic E-state index is 13.6. The van der Waals surface area contributed by atoms with Gasteiger partial charge in [-0.1, -0.05) is 24.3 Å². The number of hydrogen-bond donors (Lipinski definition) is 0. The Morgan fingerprint density at radius 2 is 1.87 bits per heavy atom. The number of hydrogen-bond acceptors (Lipinski definition) is 6. The summed E-state index contributed by atoms with van der Waals surface area (Å²) in [6.45, 7) is 4.03. The summed E-state index contributed by atoms with van der Waals surface area (Å²) in [7, 11) is 3.07. The molecule has 0 bridgehead atoms. The standard InChI is InChI=1S/C23H29N3O4/c1-15-19(22(28-2)25-23(24-15)29-3)13-21(27)26-14-18-7-5-4-6-17(18)12-20(26)16-8-10-30-11-9-16/h4-7,16,20H,8-14H2,1-3H3/t20-/m1/s1.